The zero-order valence-corrected chi connectivity index (χ0v) is 10.5. The van der Waals surface area contributed by atoms with Crippen molar-refractivity contribution in [2.45, 2.75) is 12.8 Å². The van der Waals surface area contributed by atoms with Gasteiger partial charge in [0.25, 0.3) is 0 Å². The van der Waals surface area contributed by atoms with Crippen LogP contribution in [0.1, 0.15) is 18.4 Å². The minimum Gasteiger partial charge on any atom is -0.436 e. The van der Waals surface area contributed by atoms with E-state index < -0.39 is 0 Å². The Balaban J connectivity index is 2.00. The summed E-state index contributed by atoms with van der Waals surface area (Å²) in [6.07, 6.45) is 0. The normalized spacial score (nSPS) is 12.2. The van der Waals surface area contributed by atoms with Gasteiger partial charge in [0.15, 0.2) is 5.58 Å². The highest BCUT2D eigenvalue weighted by atomic mass is 16.3. The van der Waals surface area contributed by atoms with E-state index in [0.29, 0.717) is 5.89 Å². The van der Waals surface area contributed by atoms with Crippen LogP contribution in [0.5, 0.6) is 0 Å². The van der Waals surface area contributed by atoms with Crippen molar-refractivity contribution in [3.8, 4) is 17.5 Å². The highest BCUT2D eigenvalue weighted by Crippen LogP contribution is 2.25. The molecule has 3 heteroatoms. The summed E-state index contributed by atoms with van der Waals surface area (Å²) in [6, 6.07) is 17.7. The number of para-hydroxylation sites is 2. The quantitative estimate of drug-likeness (QED) is 0.685. The lowest BCUT2D eigenvalue weighted by Crippen LogP contribution is -1.88. The first kappa shape index (κ1) is 11.5. The second kappa shape index (κ2) is 4.58. The summed E-state index contributed by atoms with van der Waals surface area (Å²) >= 11 is 0. The fourth-order valence-corrected chi connectivity index (χ4v) is 1.98. The maximum Gasteiger partial charge on any atom is 0.227 e. The average molecular weight is 248 g/mol. The van der Waals surface area contributed by atoms with Crippen LogP contribution in [0, 0.1) is 11.3 Å². The van der Waals surface area contributed by atoms with Crippen molar-refractivity contribution in [2.75, 3.05) is 0 Å². The van der Waals surface area contributed by atoms with Crippen molar-refractivity contribution >= 4 is 11.1 Å². The number of nitriles is 1. The van der Waals surface area contributed by atoms with Crippen LogP contribution in [0.3, 0.4) is 0 Å². The van der Waals surface area contributed by atoms with Gasteiger partial charge < -0.3 is 4.42 Å². The number of hydrogen-bond donors (Lipinski definition) is 0. The van der Waals surface area contributed by atoms with E-state index in [1.54, 1.807) is 0 Å². The Hall–Kier alpha value is -2.60. The molecule has 1 unspecified atom stereocenters. The van der Waals surface area contributed by atoms with E-state index in [1.165, 1.54) is 0 Å². The highest BCUT2D eigenvalue weighted by Gasteiger charge is 2.09. The van der Waals surface area contributed by atoms with E-state index >= 15 is 0 Å². The van der Waals surface area contributed by atoms with Crippen molar-refractivity contribution < 1.29 is 4.42 Å². The highest BCUT2D eigenvalue weighted by molar-refractivity contribution is 5.75. The first-order chi connectivity index (χ1) is 9.28. The van der Waals surface area contributed by atoms with Gasteiger partial charge in [0, 0.05) is 5.56 Å². The molecule has 0 aliphatic heterocycles. The molecule has 1 atom stereocenters. The van der Waals surface area contributed by atoms with E-state index in [-0.39, 0.29) is 5.92 Å². The van der Waals surface area contributed by atoms with E-state index in [4.69, 9.17) is 9.68 Å². The van der Waals surface area contributed by atoms with Crippen LogP contribution < -0.4 is 0 Å². The number of fused-ring (bicyclic) bond motifs is 1. The fraction of sp³-hybridized carbons (Fsp3) is 0.125. The molecule has 0 saturated heterocycles. The predicted molar refractivity (Wildman–Crippen MR) is 73.5 cm³/mol. The summed E-state index contributed by atoms with van der Waals surface area (Å²) in [5.74, 6) is 0.509. The molecule has 2 aromatic carbocycles. The molecule has 92 valence electrons. The number of oxazole rings is 1. The number of nitrogens with zero attached hydrogens (tertiary/aromatic N) is 2. The van der Waals surface area contributed by atoms with Gasteiger partial charge in [-0.15, -0.1) is 0 Å². The molecule has 19 heavy (non-hydrogen) atoms. The second-order valence-corrected chi connectivity index (χ2v) is 4.46. The predicted octanol–water partition coefficient (Wildman–Crippen LogP) is 4.12. The van der Waals surface area contributed by atoms with Crippen LogP contribution >= 0.6 is 0 Å². The van der Waals surface area contributed by atoms with Gasteiger partial charge in [0.05, 0.1) is 12.0 Å². The largest absolute Gasteiger partial charge is 0.436 e. The third-order valence-corrected chi connectivity index (χ3v) is 3.15. The van der Waals surface area contributed by atoms with E-state index in [0.717, 1.165) is 22.2 Å². The standard InChI is InChI=1S/C16H12N2O/c1-11(10-17)12-6-8-13(9-7-12)16-18-14-4-2-3-5-15(14)19-16/h2-9,11H,1H3. The zero-order chi connectivity index (χ0) is 13.2. The molecule has 0 spiro atoms. The summed E-state index contributed by atoms with van der Waals surface area (Å²) in [4.78, 5) is 4.45. The van der Waals surface area contributed by atoms with Gasteiger partial charge in [-0.2, -0.15) is 5.26 Å². The topological polar surface area (TPSA) is 49.8 Å². The molecule has 0 bridgehead atoms. The molecule has 0 amide bonds. The molecule has 3 rings (SSSR count). The smallest absolute Gasteiger partial charge is 0.227 e. The monoisotopic (exact) mass is 248 g/mol. The average Bonchev–Trinajstić information content (AvgIpc) is 2.90. The van der Waals surface area contributed by atoms with E-state index in [2.05, 4.69) is 11.1 Å². The Morgan fingerprint density at radius 3 is 2.53 bits per heavy atom. The summed E-state index contributed by atoms with van der Waals surface area (Å²) in [6.45, 7) is 1.88. The second-order valence-electron chi connectivity index (χ2n) is 4.46. The molecule has 0 N–H and O–H groups in total. The zero-order valence-electron chi connectivity index (χ0n) is 10.5. The summed E-state index contributed by atoms with van der Waals surface area (Å²) in [5, 5.41) is 8.89. The lowest BCUT2D eigenvalue weighted by molar-refractivity contribution is 0.620. The first-order valence-corrected chi connectivity index (χ1v) is 6.13. The molecule has 0 fully saturated rings. The molecule has 3 nitrogen and oxygen atoms in total. The van der Waals surface area contributed by atoms with Crippen molar-refractivity contribution in [1.82, 2.24) is 4.98 Å². The fourth-order valence-electron chi connectivity index (χ4n) is 1.98. The van der Waals surface area contributed by atoms with Gasteiger partial charge in [-0.05, 0) is 36.8 Å². The molecule has 0 saturated carbocycles. The Morgan fingerprint density at radius 1 is 1.11 bits per heavy atom. The number of benzene rings is 2. The number of aromatic nitrogens is 1. The van der Waals surface area contributed by atoms with Crippen LogP contribution in [0.25, 0.3) is 22.6 Å². The molecule has 0 aliphatic rings. The molecule has 1 aromatic heterocycles. The third-order valence-electron chi connectivity index (χ3n) is 3.15. The van der Waals surface area contributed by atoms with Gasteiger partial charge in [-0.3, -0.25) is 0 Å². The van der Waals surface area contributed by atoms with Gasteiger partial charge in [0.2, 0.25) is 5.89 Å². The lowest BCUT2D eigenvalue weighted by Gasteiger charge is -2.02. The Bertz CT molecular complexity index is 717. The summed E-state index contributed by atoms with van der Waals surface area (Å²) < 4.78 is 5.70. The Morgan fingerprint density at radius 2 is 1.84 bits per heavy atom. The Kier molecular flexibility index (Phi) is 2.77. The van der Waals surface area contributed by atoms with Gasteiger partial charge in [-0.25, -0.2) is 4.98 Å². The Labute approximate surface area is 111 Å². The summed E-state index contributed by atoms with van der Waals surface area (Å²) in [7, 11) is 0. The van der Waals surface area contributed by atoms with Crippen LogP contribution in [0.15, 0.2) is 52.9 Å². The first-order valence-electron chi connectivity index (χ1n) is 6.13. The maximum atomic E-state index is 8.89. The SMILES string of the molecule is CC(C#N)c1ccc(-c2nc3ccccc3o2)cc1. The van der Waals surface area contributed by atoms with Crippen molar-refractivity contribution in [3.63, 3.8) is 0 Å². The maximum absolute atomic E-state index is 8.89. The van der Waals surface area contributed by atoms with E-state index in [1.807, 2.05) is 55.5 Å². The molecule has 3 aromatic rings. The number of hydrogen-bond acceptors (Lipinski definition) is 3. The van der Waals surface area contributed by atoms with Gasteiger partial charge >= 0.3 is 0 Å². The van der Waals surface area contributed by atoms with E-state index in [9.17, 15) is 0 Å². The minimum absolute atomic E-state index is 0.0994. The molecular formula is C16H12N2O. The van der Waals surface area contributed by atoms with Crippen molar-refractivity contribution in [2.24, 2.45) is 0 Å². The van der Waals surface area contributed by atoms with Crippen LogP contribution in [0.2, 0.25) is 0 Å². The third kappa shape index (κ3) is 2.09. The van der Waals surface area contributed by atoms with Crippen LogP contribution in [-0.4, -0.2) is 4.98 Å². The summed E-state index contributed by atoms with van der Waals surface area (Å²) in [5.41, 5.74) is 3.56. The minimum atomic E-state index is -0.0994. The molecule has 1 heterocycles. The lowest BCUT2D eigenvalue weighted by atomic mass is 10.0. The number of rotatable bonds is 2. The van der Waals surface area contributed by atoms with Crippen LogP contribution in [0.4, 0.5) is 0 Å². The molecular weight excluding hydrogens is 236 g/mol. The molecule has 0 aliphatic carbocycles. The van der Waals surface area contributed by atoms with Crippen molar-refractivity contribution in [1.29, 1.82) is 5.26 Å². The van der Waals surface area contributed by atoms with Crippen molar-refractivity contribution in [3.05, 3.63) is 54.1 Å². The van der Waals surface area contributed by atoms with Gasteiger partial charge in [0.1, 0.15) is 5.52 Å². The molecule has 0 radical (unpaired) electrons. The van der Waals surface area contributed by atoms with Crippen LogP contribution in [-0.2, 0) is 0 Å². The van der Waals surface area contributed by atoms with Gasteiger partial charge in [-0.1, -0.05) is 24.3 Å².